The second kappa shape index (κ2) is 6.98. The van der Waals surface area contributed by atoms with Gasteiger partial charge in [0.25, 0.3) is 5.91 Å². The molecule has 0 aromatic heterocycles. The lowest BCUT2D eigenvalue weighted by Crippen LogP contribution is -2.26. The largest absolute Gasteiger partial charge is 0.352 e. The van der Waals surface area contributed by atoms with E-state index in [-0.39, 0.29) is 5.91 Å². The lowest BCUT2D eigenvalue weighted by molar-refractivity contribution is 0.0953. The summed E-state index contributed by atoms with van der Waals surface area (Å²) in [6.45, 7) is 3.50. The van der Waals surface area contributed by atoms with E-state index < -0.39 is 0 Å². The maximum atomic E-state index is 11.6. The van der Waals surface area contributed by atoms with Crippen molar-refractivity contribution in [1.82, 2.24) is 16.2 Å². The zero-order chi connectivity index (χ0) is 11.8. The predicted molar refractivity (Wildman–Crippen MR) is 65.0 cm³/mol. The highest BCUT2D eigenvalue weighted by Gasteiger charge is 2.03. The Balaban J connectivity index is 2.53. The molecule has 1 rings (SSSR count). The standard InChI is InChI=1S/C12H19N3O/c1-3-8-14-12(16)11-6-4-10(5-7-11)9-15-13-2/h4-7,13,15H,3,8-9H2,1-2H3,(H,14,16). The molecule has 1 aromatic carbocycles. The monoisotopic (exact) mass is 221 g/mol. The molecule has 1 aromatic rings. The summed E-state index contributed by atoms with van der Waals surface area (Å²) in [6, 6.07) is 7.59. The fourth-order valence-electron chi connectivity index (χ4n) is 1.31. The van der Waals surface area contributed by atoms with Crippen molar-refractivity contribution in [2.75, 3.05) is 13.6 Å². The van der Waals surface area contributed by atoms with Crippen LogP contribution in [0.15, 0.2) is 24.3 Å². The Morgan fingerprint density at radius 1 is 1.25 bits per heavy atom. The van der Waals surface area contributed by atoms with E-state index in [1.807, 2.05) is 38.2 Å². The van der Waals surface area contributed by atoms with Gasteiger partial charge in [-0.2, -0.15) is 0 Å². The third-order valence-corrected chi connectivity index (χ3v) is 2.22. The molecule has 0 spiro atoms. The topological polar surface area (TPSA) is 53.2 Å². The Bertz CT molecular complexity index is 322. The minimum atomic E-state index is -0.00465. The van der Waals surface area contributed by atoms with E-state index in [9.17, 15) is 4.79 Å². The van der Waals surface area contributed by atoms with Crippen LogP contribution in [0.5, 0.6) is 0 Å². The highest BCUT2D eigenvalue weighted by atomic mass is 16.1. The van der Waals surface area contributed by atoms with Crippen LogP contribution in [0, 0.1) is 0 Å². The maximum Gasteiger partial charge on any atom is 0.251 e. The van der Waals surface area contributed by atoms with Gasteiger partial charge in [-0.05, 0) is 31.2 Å². The number of hydrazine groups is 1. The average Bonchev–Trinajstić information content (AvgIpc) is 2.34. The van der Waals surface area contributed by atoms with Gasteiger partial charge in [0.15, 0.2) is 0 Å². The van der Waals surface area contributed by atoms with E-state index in [2.05, 4.69) is 16.2 Å². The molecule has 4 heteroatoms. The van der Waals surface area contributed by atoms with Gasteiger partial charge in [0.05, 0.1) is 0 Å². The van der Waals surface area contributed by atoms with Crippen molar-refractivity contribution in [2.24, 2.45) is 0 Å². The van der Waals surface area contributed by atoms with Crippen LogP contribution in [-0.4, -0.2) is 19.5 Å². The molecule has 0 aliphatic carbocycles. The fourth-order valence-corrected chi connectivity index (χ4v) is 1.31. The molecule has 0 atom stereocenters. The van der Waals surface area contributed by atoms with Crippen molar-refractivity contribution >= 4 is 5.91 Å². The van der Waals surface area contributed by atoms with E-state index in [0.29, 0.717) is 5.56 Å². The minimum absolute atomic E-state index is 0.00465. The highest BCUT2D eigenvalue weighted by molar-refractivity contribution is 5.94. The van der Waals surface area contributed by atoms with E-state index >= 15 is 0 Å². The Labute approximate surface area is 96.4 Å². The van der Waals surface area contributed by atoms with Gasteiger partial charge in [0.1, 0.15) is 0 Å². The number of carbonyl (C=O) groups excluding carboxylic acids is 1. The van der Waals surface area contributed by atoms with Crippen LogP contribution in [0.4, 0.5) is 0 Å². The molecule has 0 heterocycles. The lowest BCUT2D eigenvalue weighted by Gasteiger charge is -2.05. The van der Waals surface area contributed by atoms with Crippen LogP contribution in [0.2, 0.25) is 0 Å². The molecule has 16 heavy (non-hydrogen) atoms. The van der Waals surface area contributed by atoms with Crippen LogP contribution < -0.4 is 16.2 Å². The van der Waals surface area contributed by atoms with Crippen molar-refractivity contribution in [3.8, 4) is 0 Å². The molecule has 0 aliphatic heterocycles. The van der Waals surface area contributed by atoms with Crippen molar-refractivity contribution in [1.29, 1.82) is 0 Å². The molecule has 0 fully saturated rings. The summed E-state index contributed by atoms with van der Waals surface area (Å²) in [6.07, 6.45) is 0.954. The molecule has 0 saturated carbocycles. The van der Waals surface area contributed by atoms with Gasteiger partial charge in [-0.1, -0.05) is 19.1 Å². The average molecular weight is 221 g/mol. The maximum absolute atomic E-state index is 11.6. The van der Waals surface area contributed by atoms with Gasteiger partial charge in [-0.25, -0.2) is 0 Å². The second-order valence-electron chi connectivity index (χ2n) is 3.56. The smallest absolute Gasteiger partial charge is 0.251 e. The first kappa shape index (κ1) is 12.7. The minimum Gasteiger partial charge on any atom is -0.352 e. The van der Waals surface area contributed by atoms with E-state index in [0.717, 1.165) is 25.1 Å². The van der Waals surface area contributed by atoms with E-state index in [4.69, 9.17) is 0 Å². The first-order valence-corrected chi connectivity index (χ1v) is 5.54. The molecular weight excluding hydrogens is 202 g/mol. The van der Waals surface area contributed by atoms with Crippen molar-refractivity contribution < 1.29 is 4.79 Å². The Morgan fingerprint density at radius 3 is 2.50 bits per heavy atom. The molecule has 3 N–H and O–H groups in total. The molecular formula is C12H19N3O. The first-order chi connectivity index (χ1) is 7.77. The van der Waals surface area contributed by atoms with Crippen LogP contribution >= 0.6 is 0 Å². The van der Waals surface area contributed by atoms with Gasteiger partial charge < -0.3 is 5.32 Å². The summed E-state index contributed by atoms with van der Waals surface area (Å²) in [5.74, 6) is -0.00465. The summed E-state index contributed by atoms with van der Waals surface area (Å²) < 4.78 is 0. The molecule has 4 nitrogen and oxygen atoms in total. The van der Waals surface area contributed by atoms with Crippen molar-refractivity contribution in [2.45, 2.75) is 19.9 Å². The molecule has 0 unspecified atom stereocenters. The fraction of sp³-hybridized carbons (Fsp3) is 0.417. The Hall–Kier alpha value is -1.39. The second-order valence-corrected chi connectivity index (χ2v) is 3.56. The van der Waals surface area contributed by atoms with Crippen LogP contribution in [0.25, 0.3) is 0 Å². The number of carbonyl (C=O) groups is 1. The molecule has 0 aliphatic rings. The summed E-state index contributed by atoms with van der Waals surface area (Å²) in [7, 11) is 1.83. The molecule has 0 saturated heterocycles. The summed E-state index contributed by atoms with van der Waals surface area (Å²) in [5, 5.41) is 2.84. The summed E-state index contributed by atoms with van der Waals surface area (Å²) in [4.78, 5) is 11.6. The van der Waals surface area contributed by atoms with E-state index in [1.165, 1.54) is 0 Å². The molecule has 0 bridgehead atoms. The van der Waals surface area contributed by atoms with Crippen LogP contribution in [-0.2, 0) is 6.54 Å². The SMILES string of the molecule is CCCNC(=O)c1ccc(CNNC)cc1. The van der Waals surface area contributed by atoms with Crippen LogP contribution in [0.3, 0.4) is 0 Å². The third kappa shape index (κ3) is 4.00. The Kier molecular flexibility index (Phi) is 5.53. The van der Waals surface area contributed by atoms with Gasteiger partial charge in [0.2, 0.25) is 0 Å². The quantitative estimate of drug-likeness (QED) is 0.629. The van der Waals surface area contributed by atoms with Gasteiger partial charge in [0, 0.05) is 18.7 Å². The van der Waals surface area contributed by atoms with Crippen molar-refractivity contribution in [3.05, 3.63) is 35.4 Å². The van der Waals surface area contributed by atoms with E-state index in [1.54, 1.807) is 0 Å². The zero-order valence-corrected chi connectivity index (χ0v) is 9.84. The number of benzene rings is 1. The van der Waals surface area contributed by atoms with Gasteiger partial charge >= 0.3 is 0 Å². The number of nitrogens with one attached hydrogen (secondary N) is 3. The van der Waals surface area contributed by atoms with Crippen LogP contribution in [0.1, 0.15) is 29.3 Å². The third-order valence-electron chi connectivity index (χ3n) is 2.22. The normalized spacial score (nSPS) is 10.1. The summed E-state index contributed by atoms with van der Waals surface area (Å²) >= 11 is 0. The molecule has 1 amide bonds. The van der Waals surface area contributed by atoms with Crippen molar-refractivity contribution in [3.63, 3.8) is 0 Å². The Morgan fingerprint density at radius 2 is 1.94 bits per heavy atom. The molecule has 88 valence electrons. The number of hydrogen-bond donors (Lipinski definition) is 3. The molecule has 0 radical (unpaired) electrons. The highest BCUT2D eigenvalue weighted by Crippen LogP contribution is 2.04. The number of amides is 1. The van der Waals surface area contributed by atoms with Gasteiger partial charge in [-0.15, -0.1) is 0 Å². The number of hydrogen-bond acceptors (Lipinski definition) is 3. The number of rotatable bonds is 6. The lowest BCUT2D eigenvalue weighted by atomic mass is 10.1. The first-order valence-electron chi connectivity index (χ1n) is 5.54. The summed E-state index contributed by atoms with van der Waals surface area (Å²) in [5.41, 5.74) is 7.70. The zero-order valence-electron chi connectivity index (χ0n) is 9.84. The van der Waals surface area contributed by atoms with Gasteiger partial charge in [-0.3, -0.25) is 15.6 Å². The predicted octanol–water partition coefficient (Wildman–Crippen LogP) is 1.05.